The fraction of sp³-hybridized carbons (Fsp3) is 0.125. The Hall–Kier alpha value is -2.80. The molecule has 3 rings (SSSR count). The molecule has 0 aliphatic heterocycles. The standard InChI is InChI=1S/C16H14N4O2S/c1-2-8-17-12(21)9-20-10-18-14-13(11-6-4-3-5-7-11)19-23-15(14)16(20)22/h2-7,10H,1,8-9H2,(H,17,21). The van der Waals surface area contributed by atoms with Crippen molar-refractivity contribution in [1.82, 2.24) is 19.2 Å². The van der Waals surface area contributed by atoms with Crippen molar-refractivity contribution in [3.63, 3.8) is 0 Å². The summed E-state index contributed by atoms with van der Waals surface area (Å²) in [5, 5.41) is 2.63. The molecule has 6 nitrogen and oxygen atoms in total. The molecule has 116 valence electrons. The molecule has 1 amide bonds. The lowest BCUT2D eigenvalue weighted by atomic mass is 10.1. The number of amides is 1. The Kier molecular flexibility index (Phi) is 4.29. The fourth-order valence-electron chi connectivity index (χ4n) is 2.15. The van der Waals surface area contributed by atoms with Gasteiger partial charge in [0.2, 0.25) is 5.91 Å². The van der Waals surface area contributed by atoms with Crippen molar-refractivity contribution >= 4 is 27.7 Å². The first-order valence-corrected chi connectivity index (χ1v) is 7.76. The van der Waals surface area contributed by atoms with E-state index in [0.717, 1.165) is 17.1 Å². The van der Waals surface area contributed by atoms with Crippen LogP contribution in [-0.4, -0.2) is 26.4 Å². The number of aromatic nitrogens is 3. The topological polar surface area (TPSA) is 76.9 Å². The van der Waals surface area contributed by atoms with Crippen LogP contribution in [0.15, 0.2) is 54.1 Å². The maximum Gasteiger partial charge on any atom is 0.273 e. The number of carbonyl (C=O) groups excluding carboxylic acids is 1. The Morgan fingerprint density at radius 1 is 1.35 bits per heavy atom. The zero-order chi connectivity index (χ0) is 16.2. The van der Waals surface area contributed by atoms with Gasteiger partial charge in [0, 0.05) is 12.1 Å². The van der Waals surface area contributed by atoms with Gasteiger partial charge in [0.05, 0.1) is 6.33 Å². The third-order valence-electron chi connectivity index (χ3n) is 3.25. The van der Waals surface area contributed by atoms with Crippen molar-refractivity contribution in [2.24, 2.45) is 0 Å². The van der Waals surface area contributed by atoms with Crippen LogP contribution in [0.1, 0.15) is 0 Å². The maximum absolute atomic E-state index is 12.5. The number of carbonyl (C=O) groups is 1. The van der Waals surface area contributed by atoms with Gasteiger partial charge in [-0.1, -0.05) is 36.4 Å². The van der Waals surface area contributed by atoms with Crippen LogP contribution in [0.3, 0.4) is 0 Å². The van der Waals surface area contributed by atoms with E-state index in [1.54, 1.807) is 6.08 Å². The van der Waals surface area contributed by atoms with Crippen LogP contribution in [0, 0.1) is 0 Å². The Morgan fingerprint density at radius 3 is 2.87 bits per heavy atom. The third kappa shape index (κ3) is 3.04. The van der Waals surface area contributed by atoms with Crippen molar-refractivity contribution in [1.29, 1.82) is 0 Å². The monoisotopic (exact) mass is 326 g/mol. The SMILES string of the molecule is C=CCNC(=O)Cn1cnc2c(-c3ccccc3)nsc2c1=O. The Labute approximate surface area is 136 Å². The van der Waals surface area contributed by atoms with Crippen molar-refractivity contribution in [3.8, 4) is 11.3 Å². The van der Waals surface area contributed by atoms with Gasteiger partial charge in [0.1, 0.15) is 22.5 Å². The number of hydrogen-bond acceptors (Lipinski definition) is 5. The molecule has 1 aromatic carbocycles. The van der Waals surface area contributed by atoms with E-state index in [2.05, 4.69) is 21.3 Å². The van der Waals surface area contributed by atoms with Gasteiger partial charge in [-0.2, -0.15) is 4.37 Å². The largest absolute Gasteiger partial charge is 0.351 e. The van der Waals surface area contributed by atoms with Gasteiger partial charge >= 0.3 is 0 Å². The molecule has 0 aliphatic rings. The third-order valence-corrected chi connectivity index (χ3v) is 4.08. The van der Waals surface area contributed by atoms with Crippen molar-refractivity contribution in [2.75, 3.05) is 6.54 Å². The minimum atomic E-state index is -0.263. The highest BCUT2D eigenvalue weighted by atomic mass is 32.1. The smallest absolute Gasteiger partial charge is 0.273 e. The molecule has 23 heavy (non-hydrogen) atoms. The molecule has 0 bridgehead atoms. The average molecular weight is 326 g/mol. The summed E-state index contributed by atoms with van der Waals surface area (Å²) in [5.41, 5.74) is 1.90. The molecule has 0 atom stereocenters. The number of fused-ring (bicyclic) bond motifs is 1. The average Bonchev–Trinajstić information content (AvgIpc) is 3.01. The predicted octanol–water partition coefficient (Wildman–Crippen LogP) is 1.82. The number of nitrogens with zero attached hydrogens (tertiary/aromatic N) is 3. The van der Waals surface area contributed by atoms with Crippen LogP contribution in [0.25, 0.3) is 21.5 Å². The zero-order valence-electron chi connectivity index (χ0n) is 12.2. The Balaban J connectivity index is 1.97. The molecule has 1 N–H and O–H groups in total. The van der Waals surface area contributed by atoms with E-state index in [1.807, 2.05) is 30.3 Å². The van der Waals surface area contributed by atoms with Crippen molar-refractivity contribution < 1.29 is 4.79 Å². The molecular formula is C16H14N4O2S. The lowest BCUT2D eigenvalue weighted by molar-refractivity contribution is -0.121. The van der Waals surface area contributed by atoms with E-state index in [1.165, 1.54) is 10.9 Å². The Bertz CT molecular complexity index is 915. The van der Waals surface area contributed by atoms with E-state index in [9.17, 15) is 9.59 Å². The first-order valence-electron chi connectivity index (χ1n) is 6.98. The highest BCUT2D eigenvalue weighted by Crippen LogP contribution is 2.26. The molecule has 2 aromatic heterocycles. The van der Waals surface area contributed by atoms with Crippen molar-refractivity contribution in [2.45, 2.75) is 6.54 Å². The molecule has 0 fully saturated rings. The van der Waals surface area contributed by atoms with Gasteiger partial charge in [-0.15, -0.1) is 6.58 Å². The van der Waals surface area contributed by atoms with Crippen LogP contribution in [0.5, 0.6) is 0 Å². The quantitative estimate of drug-likeness (QED) is 0.726. The molecule has 0 spiro atoms. The molecule has 0 saturated carbocycles. The molecule has 0 aliphatic carbocycles. The van der Waals surface area contributed by atoms with Gasteiger partial charge < -0.3 is 5.32 Å². The van der Waals surface area contributed by atoms with E-state index < -0.39 is 0 Å². The number of benzene rings is 1. The number of hydrogen-bond donors (Lipinski definition) is 1. The second kappa shape index (κ2) is 6.53. The maximum atomic E-state index is 12.5. The molecule has 0 saturated heterocycles. The van der Waals surface area contributed by atoms with Crippen LogP contribution in [0.4, 0.5) is 0 Å². The summed E-state index contributed by atoms with van der Waals surface area (Å²) in [6, 6.07) is 9.58. The number of nitrogens with one attached hydrogen (secondary N) is 1. The van der Waals surface area contributed by atoms with Gasteiger partial charge in [-0.3, -0.25) is 14.2 Å². The molecule has 7 heteroatoms. The minimum Gasteiger partial charge on any atom is -0.351 e. The Morgan fingerprint density at radius 2 is 2.13 bits per heavy atom. The van der Waals surface area contributed by atoms with Crippen LogP contribution in [-0.2, 0) is 11.3 Å². The summed E-state index contributed by atoms with van der Waals surface area (Å²) < 4.78 is 6.08. The molecule has 0 unspecified atom stereocenters. The van der Waals surface area contributed by atoms with Crippen LogP contribution < -0.4 is 10.9 Å². The van der Waals surface area contributed by atoms with E-state index >= 15 is 0 Å². The number of rotatable bonds is 5. The van der Waals surface area contributed by atoms with E-state index in [4.69, 9.17) is 0 Å². The first kappa shape index (κ1) is 15.1. The second-order valence-corrected chi connectivity index (χ2v) is 5.62. The summed E-state index contributed by atoms with van der Waals surface area (Å²) in [4.78, 5) is 28.5. The normalized spacial score (nSPS) is 10.6. The highest BCUT2D eigenvalue weighted by Gasteiger charge is 2.15. The predicted molar refractivity (Wildman–Crippen MR) is 90.3 cm³/mol. The fourth-order valence-corrected chi connectivity index (χ4v) is 2.96. The molecular weight excluding hydrogens is 312 g/mol. The summed E-state index contributed by atoms with van der Waals surface area (Å²) in [5.74, 6) is -0.263. The lowest BCUT2D eigenvalue weighted by Gasteiger charge is -2.05. The van der Waals surface area contributed by atoms with Crippen molar-refractivity contribution in [3.05, 3.63) is 59.7 Å². The van der Waals surface area contributed by atoms with Gasteiger partial charge in [-0.25, -0.2) is 4.98 Å². The van der Waals surface area contributed by atoms with E-state index in [-0.39, 0.29) is 18.0 Å². The van der Waals surface area contributed by atoms with Gasteiger partial charge in [-0.05, 0) is 11.5 Å². The molecule has 0 radical (unpaired) electrons. The van der Waals surface area contributed by atoms with E-state index in [0.29, 0.717) is 22.5 Å². The lowest BCUT2D eigenvalue weighted by Crippen LogP contribution is -2.32. The highest BCUT2D eigenvalue weighted by molar-refractivity contribution is 7.13. The van der Waals surface area contributed by atoms with Crippen LogP contribution >= 0.6 is 11.5 Å². The first-order chi connectivity index (χ1) is 11.2. The summed E-state index contributed by atoms with van der Waals surface area (Å²) in [6.45, 7) is 3.82. The zero-order valence-corrected chi connectivity index (χ0v) is 13.0. The van der Waals surface area contributed by atoms with Crippen LogP contribution in [0.2, 0.25) is 0 Å². The summed E-state index contributed by atoms with van der Waals surface area (Å²) >= 11 is 1.10. The van der Waals surface area contributed by atoms with Gasteiger partial charge in [0.25, 0.3) is 5.56 Å². The summed E-state index contributed by atoms with van der Waals surface area (Å²) in [6.07, 6.45) is 2.97. The second-order valence-electron chi connectivity index (χ2n) is 4.85. The summed E-state index contributed by atoms with van der Waals surface area (Å²) in [7, 11) is 0. The minimum absolute atomic E-state index is 0.0752. The van der Waals surface area contributed by atoms with Gasteiger partial charge in [0.15, 0.2) is 0 Å². The molecule has 2 heterocycles. The molecule has 3 aromatic rings.